The van der Waals surface area contributed by atoms with Crippen LogP contribution >= 0.6 is 0 Å². The molecule has 8 heteroatoms. The Kier molecular flexibility index (Phi) is 4.46. The summed E-state index contributed by atoms with van der Waals surface area (Å²) in [7, 11) is 1.70. The predicted octanol–water partition coefficient (Wildman–Crippen LogP) is 4.63. The normalized spacial score (nSPS) is 11.7. The Labute approximate surface area is 158 Å². The molecule has 0 spiro atoms. The molecular weight excluding hydrogens is 369 g/mol. The number of nitrogens with zero attached hydrogens (tertiary/aromatic N) is 4. The third-order valence-electron chi connectivity index (χ3n) is 4.30. The molecule has 0 bridgehead atoms. The van der Waals surface area contributed by atoms with E-state index in [4.69, 9.17) is 4.74 Å². The van der Waals surface area contributed by atoms with Crippen LogP contribution in [0.15, 0.2) is 61.1 Å². The average Bonchev–Trinajstić information content (AvgIpc) is 3.03. The molecule has 0 radical (unpaired) electrons. The van der Waals surface area contributed by atoms with E-state index in [9.17, 15) is 13.2 Å². The van der Waals surface area contributed by atoms with E-state index in [2.05, 4.69) is 15.0 Å². The van der Waals surface area contributed by atoms with E-state index in [-0.39, 0.29) is 5.52 Å². The lowest BCUT2D eigenvalue weighted by atomic mass is 10.2. The molecule has 4 rings (SSSR count). The molecule has 0 N–H and O–H groups in total. The van der Waals surface area contributed by atoms with Crippen molar-refractivity contribution in [2.75, 3.05) is 0 Å². The number of aryl methyl sites for hydroxylation is 1. The van der Waals surface area contributed by atoms with Gasteiger partial charge in [0.1, 0.15) is 23.7 Å². The van der Waals surface area contributed by atoms with Gasteiger partial charge in [0.25, 0.3) is 0 Å². The number of rotatable bonds is 4. The predicted molar refractivity (Wildman–Crippen MR) is 97.5 cm³/mol. The summed E-state index contributed by atoms with van der Waals surface area (Å²) in [4.78, 5) is 12.4. The number of ether oxygens (including phenoxy) is 1. The second kappa shape index (κ2) is 6.95. The highest BCUT2D eigenvalue weighted by Gasteiger charge is 2.31. The Bertz CT molecular complexity index is 1120. The minimum Gasteiger partial charge on any atom is -0.487 e. The van der Waals surface area contributed by atoms with Gasteiger partial charge in [0.2, 0.25) is 0 Å². The maximum absolute atomic E-state index is 13.0. The maximum Gasteiger partial charge on any atom is 0.417 e. The van der Waals surface area contributed by atoms with Gasteiger partial charge in [-0.2, -0.15) is 13.2 Å². The monoisotopic (exact) mass is 384 g/mol. The minimum atomic E-state index is -4.47. The lowest BCUT2D eigenvalue weighted by molar-refractivity contribution is -0.137. The smallest absolute Gasteiger partial charge is 0.417 e. The number of pyridine rings is 2. The number of benzene rings is 1. The number of alkyl halides is 3. The third-order valence-corrected chi connectivity index (χ3v) is 4.30. The number of aromatic nitrogens is 4. The highest BCUT2D eigenvalue weighted by molar-refractivity contribution is 5.79. The zero-order valence-corrected chi connectivity index (χ0v) is 14.8. The maximum atomic E-state index is 13.0. The number of imidazole rings is 1. The van der Waals surface area contributed by atoms with Gasteiger partial charge in [-0.15, -0.1) is 0 Å². The van der Waals surface area contributed by atoms with Gasteiger partial charge in [-0.25, -0.2) is 9.97 Å². The summed E-state index contributed by atoms with van der Waals surface area (Å²) >= 11 is 0. The van der Waals surface area contributed by atoms with Gasteiger partial charge in [0, 0.05) is 19.4 Å². The molecule has 0 aliphatic heterocycles. The fourth-order valence-corrected chi connectivity index (χ4v) is 2.89. The first-order valence-electron chi connectivity index (χ1n) is 8.44. The number of halogens is 3. The summed E-state index contributed by atoms with van der Waals surface area (Å²) in [5.74, 6) is 0.938. The van der Waals surface area contributed by atoms with Crippen molar-refractivity contribution in [2.24, 2.45) is 7.05 Å². The van der Waals surface area contributed by atoms with Crippen LogP contribution in [0.1, 0.15) is 11.1 Å². The van der Waals surface area contributed by atoms with Crippen LogP contribution in [0.4, 0.5) is 13.2 Å². The number of fused-ring (bicyclic) bond motifs is 1. The largest absolute Gasteiger partial charge is 0.487 e. The van der Waals surface area contributed by atoms with Crippen molar-refractivity contribution < 1.29 is 17.9 Å². The van der Waals surface area contributed by atoms with E-state index in [1.165, 1.54) is 0 Å². The van der Waals surface area contributed by atoms with Crippen molar-refractivity contribution in [1.82, 2.24) is 19.5 Å². The first-order chi connectivity index (χ1) is 13.4. The number of hydrogen-bond donors (Lipinski definition) is 0. The van der Waals surface area contributed by atoms with Gasteiger partial charge in [0.05, 0.1) is 17.3 Å². The van der Waals surface area contributed by atoms with Crippen LogP contribution in [0, 0.1) is 0 Å². The third kappa shape index (κ3) is 3.40. The Morgan fingerprint density at radius 3 is 2.61 bits per heavy atom. The summed E-state index contributed by atoms with van der Waals surface area (Å²) in [5, 5.41) is 0. The van der Waals surface area contributed by atoms with E-state index in [0.717, 1.165) is 17.8 Å². The molecule has 3 aromatic heterocycles. The van der Waals surface area contributed by atoms with Gasteiger partial charge >= 0.3 is 6.18 Å². The molecule has 0 aliphatic rings. The van der Waals surface area contributed by atoms with Crippen molar-refractivity contribution in [2.45, 2.75) is 12.8 Å². The lowest BCUT2D eigenvalue weighted by Crippen LogP contribution is -2.05. The van der Waals surface area contributed by atoms with Crippen molar-refractivity contribution >= 4 is 11.2 Å². The van der Waals surface area contributed by atoms with Crippen LogP contribution in [0.25, 0.3) is 22.6 Å². The minimum absolute atomic E-state index is 0.165. The van der Waals surface area contributed by atoms with Crippen molar-refractivity contribution in [1.29, 1.82) is 0 Å². The Hall–Kier alpha value is -3.42. The van der Waals surface area contributed by atoms with Crippen LogP contribution in [0.2, 0.25) is 0 Å². The van der Waals surface area contributed by atoms with E-state index < -0.39 is 11.7 Å². The van der Waals surface area contributed by atoms with Gasteiger partial charge in [-0.05, 0) is 17.7 Å². The van der Waals surface area contributed by atoms with Crippen molar-refractivity contribution in [3.05, 3.63) is 72.2 Å². The molecule has 0 aliphatic carbocycles. The Balaban J connectivity index is 1.73. The van der Waals surface area contributed by atoms with Crippen LogP contribution in [-0.4, -0.2) is 19.5 Å². The molecule has 4 aromatic rings. The summed E-state index contributed by atoms with van der Waals surface area (Å²) in [6.45, 7) is 0.333. The summed E-state index contributed by atoms with van der Waals surface area (Å²) in [6.07, 6.45) is -0.516. The molecule has 0 unspecified atom stereocenters. The molecule has 0 atom stereocenters. The van der Waals surface area contributed by atoms with E-state index >= 15 is 0 Å². The molecule has 0 amide bonds. The Morgan fingerprint density at radius 2 is 1.86 bits per heavy atom. The van der Waals surface area contributed by atoms with Gasteiger partial charge in [0.15, 0.2) is 5.65 Å². The fourth-order valence-electron chi connectivity index (χ4n) is 2.89. The fraction of sp³-hybridized carbons (Fsp3) is 0.150. The summed E-state index contributed by atoms with van der Waals surface area (Å²) in [6, 6.07) is 12.3. The summed E-state index contributed by atoms with van der Waals surface area (Å²) in [5.41, 5.74) is 1.30. The van der Waals surface area contributed by atoms with Gasteiger partial charge in [-0.1, -0.05) is 30.3 Å². The van der Waals surface area contributed by atoms with E-state index in [0.29, 0.717) is 29.4 Å². The van der Waals surface area contributed by atoms with E-state index in [1.54, 1.807) is 30.1 Å². The molecule has 5 nitrogen and oxygen atoms in total. The molecular formula is C20H15F3N4O. The molecule has 28 heavy (non-hydrogen) atoms. The highest BCUT2D eigenvalue weighted by atomic mass is 19.4. The standard InChI is InChI=1S/C20H15F3N4O/c1-27-18(26-16-9-14(20(21,22)23)10-25-19(16)27)15-7-8-24-11-17(15)28-12-13-5-3-2-4-6-13/h2-11H,12H2,1H3. The average molecular weight is 384 g/mol. The van der Waals surface area contributed by atoms with Crippen LogP contribution in [0.3, 0.4) is 0 Å². The first-order valence-corrected chi connectivity index (χ1v) is 8.44. The molecule has 142 valence electrons. The van der Waals surface area contributed by atoms with E-state index in [1.807, 2.05) is 30.3 Å². The molecule has 0 fully saturated rings. The SMILES string of the molecule is Cn1c(-c2ccncc2OCc2ccccc2)nc2cc(C(F)(F)F)cnc21. The second-order valence-electron chi connectivity index (χ2n) is 6.21. The highest BCUT2D eigenvalue weighted by Crippen LogP contribution is 2.33. The first kappa shape index (κ1) is 18.0. The molecule has 0 saturated carbocycles. The van der Waals surface area contributed by atoms with Gasteiger partial charge < -0.3 is 9.30 Å². The summed E-state index contributed by atoms with van der Waals surface area (Å²) < 4.78 is 46.4. The zero-order valence-electron chi connectivity index (χ0n) is 14.8. The zero-order chi connectivity index (χ0) is 19.7. The topological polar surface area (TPSA) is 52.8 Å². The van der Waals surface area contributed by atoms with Crippen LogP contribution in [-0.2, 0) is 19.8 Å². The lowest BCUT2D eigenvalue weighted by Gasteiger charge is -2.11. The van der Waals surface area contributed by atoms with Crippen molar-refractivity contribution in [3.63, 3.8) is 0 Å². The van der Waals surface area contributed by atoms with Crippen LogP contribution in [0.5, 0.6) is 5.75 Å². The molecule has 3 heterocycles. The van der Waals surface area contributed by atoms with Crippen molar-refractivity contribution in [3.8, 4) is 17.1 Å². The van der Waals surface area contributed by atoms with Gasteiger partial charge in [-0.3, -0.25) is 4.98 Å². The quantitative estimate of drug-likeness (QED) is 0.515. The Morgan fingerprint density at radius 1 is 1.07 bits per heavy atom. The molecule has 1 aromatic carbocycles. The second-order valence-corrected chi connectivity index (χ2v) is 6.21. The molecule has 0 saturated heterocycles. The van der Waals surface area contributed by atoms with Crippen LogP contribution < -0.4 is 4.74 Å². The number of hydrogen-bond acceptors (Lipinski definition) is 4.